The van der Waals surface area contributed by atoms with Gasteiger partial charge in [-0.15, -0.1) is 0 Å². The molecule has 15 heavy (non-hydrogen) atoms. The van der Waals surface area contributed by atoms with Gasteiger partial charge >= 0.3 is 0 Å². The Morgan fingerprint density at radius 2 is 2.13 bits per heavy atom. The monoisotopic (exact) mass is 197 g/mol. The second-order valence-electron chi connectivity index (χ2n) is 3.91. The van der Waals surface area contributed by atoms with E-state index in [1.807, 2.05) is 12.1 Å². The minimum absolute atomic E-state index is 0.734. The van der Waals surface area contributed by atoms with Crippen molar-refractivity contribution in [2.45, 2.75) is 0 Å². The largest absolute Gasteiger partial charge is 0.362 e. The smallest absolute Gasteiger partial charge is 0.147 e. The van der Waals surface area contributed by atoms with Gasteiger partial charge in [-0.25, -0.2) is 0 Å². The van der Waals surface area contributed by atoms with Crippen LogP contribution < -0.4 is 4.90 Å². The van der Waals surface area contributed by atoms with E-state index in [1.165, 1.54) is 11.3 Å². The number of rotatable bonds is 1. The maximum Gasteiger partial charge on any atom is 0.147 e. The lowest BCUT2D eigenvalue weighted by atomic mass is 9.97. The normalized spacial score (nSPS) is 17.1. The van der Waals surface area contributed by atoms with E-state index in [-0.39, 0.29) is 0 Å². The van der Waals surface area contributed by atoms with Gasteiger partial charge < -0.3 is 4.90 Å². The zero-order valence-electron chi connectivity index (χ0n) is 8.31. The average molecular weight is 197 g/mol. The number of carbonyl (C=O) groups excluding carboxylic acids is 1. The molecule has 0 spiro atoms. The van der Waals surface area contributed by atoms with Gasteiger partial charge in [-0.1, -0.05) is 30.4 Å². The van der Waals surface area contributed by atoms with Crippen molar-refractivity contribution in [1.82, 2.24) is 0 Å². The molecular formula is C13H11NO. The van der Waals surface area contributed by atoms with E-state index in [1.54, 1.807) is 0 Å². The first kappa shape index (κ1) is 8.48. The van der Waals surface area contributed by atoms with Gasteiger partial charge in [0.1, 0.15) is 6.29 Å². The first-order chi connectivity index (χ1) is 7.38. The van der Waals surface area contributed by atoms with Crippen molar-refractivity contribution in [3.63, 3.8) is 0 Å². The van der Waals surface area contributed by atoms with Crippen molar-refractivity contribution >= 4 is 24.1 Å². The van der Waals surface area contributed by atoms with Gasteiger partial charge in [-0.2, -0.15) is 0 Å². The van der Waals surface area contributed by atoms with Crippen LogP contribution in [0.2, 0.25) is 0 Å². The quantitative estimate of drug-likeness (QED) is 0.643. The van der Waals surface area contributed by atoms with Gasteiger partial charge in [0.25, 0.3) is 0 Å². The number of carbonyl (C=O) groups is 1. The van der Waals surface area contributed by atoms with E-state index in [2.05, 4.69) is 29.2 Å². The molecule has 2 heteroatoms. The Hall–Kier alpha value is -1.83. The lowest BCUT2D eigenvalue weighted by molar-refractivity contribution is -0.104. The molecule has 2 nitrogen and oxygen atoms in total. The first-order valence-corrected chi connectivity index (χ1v) is 5.09. The van der Waals surface area contributed by atoms with Gasteiger partial charge in [0.15, 0.2) is 0 Å². The molecule has 0 bridgehead atoms. The van der Waals surface area contributed by atoms with Gasteiger partial charge in [0.05, 0.1) is 5.69 Å². The van der Waals surface area contributed by atoms with Crippen LogP contribution in [0, 0.1) is 0 Å². The molecule has 0 amide bonds. The fraction of sp³-hybridized carbons (Fsp3) is 0.154. The summed E-state index contributed by atoms with van der Waals surface area (Å²) in [7, 11) is 0. The molecule has 0 atom stereocenters. The Morgan fingerprint density at radius 1 is 1.27 bits per heavy atom. The molecule has 3 rings (SSSR count). The number of nitrogens with zero attached hydrogens (tertiary/aromatic N) is 1. The predicted octanol–water partition coefficient (Wildman–Crippen LogP) is 2.12. The minimum Gasteiger partial charge on any atom is -0.362 e. The van der Waals surface area contributed by atoms with Crippen molar-refractivity contribution in [2.75, 3.05) is 18.0 Å². The molecule has 0 saturated heterocycles. The highest BCUT2D eigenvalue weighted by Crippen LogP contribution is 2.34. The molecule has 0 saturated carbocycles. The van der Waals surface area contributed by atoms with Gasteiger partial charge in [-0.3, -0.25) is 4.79 Å². The highest BCUT2D eigenvalue weighted by Gasteiger charge is 2.20. The van der Waals surface area contributed by atoms with Crippen LogP contribution in [-0.2, 0) is 4.79 Å². The van der Waals surface area contributed by atoms with Crippen LogP contribution in [0.4, 0.5) is 5.69 Å². The summed E-state index contributed by atoms with van der Waals surface area (Å²) in [6, 6.07) is 6.21. The second-order valence-corrected chi connectivity index (χ2v) is 3.91. The Kier molecular flexibility index (Phi) is 1.75. The Balaban J connectivity index is 2.24. The molecule has 2 heterocycles. The number of hydrogen-bond acceptors (Lipinski definition) is 2. The number of para-hydroxylation sites is 1. The summed E-state index contributed by atoms with van der Waals surface area (Å²) >= 11 is 0. The Bertz CT molecular complexity index is 485. The Labute approximate surface area is 88.5 Å². The molecule has 1 aromatic rings. The highest BCUT2D eigenvalue weighted by molar-refractivity contribution is 5.91. The number of anilines is 1. The number of aldehydes is 1. The van der Waals surface area contributed by atoms with E-state index >= 15 is 0 Å². The van der Waals surface area contributed by atoms with Gasteiger partial charge in [0.2, 0.25) is 0 Å². The third-order valence-corrected chi connectivity index (χ3v) is 2.90. The van der Waals surface area contributed by atoms with Crippen LogP contribution in [0.5, 0.6) is 0 Å². The number of hydrogen-bond donors (Lipinski definition) is 0. The minimum atomic E-state index is 0.734. The fourth-order valence-electron chi connectivity index (χ4n) is 2.27. The summed E-state index contributed by atoms with van der Waals surface area (Å²) < 4.78 is 0. The van der Waals surface area contributed by atoms with E-state index < -0.39 is 0 Å². The molecule has 2 aliphatic heterocycles. The van der Waals surface area contributed by atoms with Crippen LogP contribution in [0.25, 0.3) is 12.2 Å². The van der Waals surface area contributed by atoms with E-state index in [9.17, 15) is 4.79 Å². The summed E-state index contributed by atoms with van der Waals surface area (Å²) in [4.78, 5) is 13.1. The lowest BCUT2D eigenvalue weighted by Crippen LogP contribution is -2.31. The molecule has 0 aliphatic carbocycles. The molecule has 1 aromatic carbocycles. The highest BCUT2D eigenvalue weighted by atomic mass is 16.1. The van der Waals surface area contributed by atoms with Crippen LogP contribution in [0.3, 0.4) is 0 Å². The van der Waals surface area contributed by atoms with Crippen molar-refractivity contribution in [1.29, 1.82) is 0 Å². The topological polar surface area (TPSA) is 20.3 Å². The van der Waals surface area contributed by atoms with Crippen LogP contribution in [-0.4, -0.2) is 19.4 Å². The zero-order chi connectivity index (χ0) is 10.3. The molecule has 0 unspecified atom stereocenters. The van der Waals surface area contributed by atoms with Gasteiger partial charge in [-0.05, 0) is 17.2 Å². The molecular weight excluding hydrogens is 186 g/mol. The first-order valence-electron chi connectivity index (χ1n) is 5.09. The molecule has 0 N–H and O–H groups in total. The summed E-state index contributed by atoms with van der Waals surface area (Å²) in [6.45, 7) is 1.63. The molecule has 0 radical (unpaired) electrons. The summed E-state index contributed by atoms with van der Waals surface area (Å²) in [5, 5.41) is 0. The van der Waals surface area contributed by atoms with Crippen LogP contribution >= 0.6 is 0 Å². The summed E-state index contributed by atoms with van der Waals surface area (Å²) in [5.74, 6) is 0. The zero-order valence-corrected chi connectivity index (χ0v) is 8.31. The maximum absolute atomic E-state index is 10.8. The average Bonchev–Trinajstić information content (AvgIpc) is 2.29. The van der Waals surface area contributed by atoms with Crippen LogP contribution in [0.15, 0.2) is 29.8 Å². The lowest BCUT2D eigenvalue weighted by Gasteiger charge is -2.32. The third kappa shape index (κ3) is 1.22. The molecule has 0 aromatic heterocycles. The number of benzene rings is 1. The van der Waals surface area contributed by atoms with Crippen molar-refractivity contribution < 1.29 is 4.79 Å². The van der Waals surface area contributed by atoms with Crippen LogP contribution in [0.1, 0.15) is 11.1 Å². The van der Waals surface area contributed by atoms with Gasteiger partial charge in [0, 0.05) is 18.7 Å². The molecule has 2 aliphatic rings. The second kappa shape index (κ2) is 3.09. The van der Waals surface area contributed by atoms with E-state index in [0.29, 0.717) is 0 Å². The SMILES string of the molecule is O=CC1=Cc2cccc3c2N(CC=C3)C1. The predicted molar refractivity (Wildman–Crippen MR) is 61.7 cm³/mol. The summed E-state index contributed by atoms with van der Waals surface area (Å²) in [6.07, 6.45) is 7.23. The Morgan fingerprint density at radius 3 is 3.00 bits per heavy atom. The van der Waals surface area contributed by atoms with E-state index in [0.717, 1.165) is 30.5 Å². The standard InChI is InChI=1S/C13H11NO/c15-9-10-7-12-4-1-3-11-5-2-6-14(8-10)13(11)12/h1-5,7,9H,6,8H2. The van der Waals surface area contributed by atoms with Crippen molar-refractivity contribution in [2.24, 2.45) is 0 Å². The maximum atomic E-state index is 10.8. The van der Waals surface area contributed by atoms with Crippen molar-refractivity contribution in [3.8, 4) is 0 Å². The van der Waals surface area contributed by atoms with Crippen molar-refractivity contribution in [3.05, 3.63) is 41.0 Å². The van der Waals surface area contributed by atoms with E-state index in [4.69, 9.17) is 0 Å². The summed E-state index contributed by atoms with van der Waals surface area (Å²) in [5.41, 5.74) is 4.53. The molecule has 0 fully saturated rings. The third-order valence-electron chi connectivity index (χ3n) is 2.90. The fourth-order valence-corrected chi connectivity index (χ4v) is 2.27. The molecule has 74 valence electrons.